The summed E-state index contributed by atoms with van der Waals surface area (Å²) in [6.07, 6.45) is 8.50. The van der Waals surface area contributed by atoms with E-state index < -0.39 is 0 Å². The molecule has 0 N–H and O–H groups in total. The zero-order valence-electron chi connectivity index (χ0n) is 22.5. The maximum absolute atomic E-state index is 4.08. The Labute approximate surface area is 234 Å². The van der Waals surface area contributed by atoms with Crippen molar-refractivity contribution < 1.29 is 0 Å². The fraction of sp³-hybridized carbons (Fsp3) is 0.105. The summed E-state index contributed by atoms with van der Waals surface area (Å²) in [5.74, 6) is 0. The van der Waals surface area contributed by atoms with E-state index in [9.17, 15) is 0 Å². The summed E-state index contributed by atoms with van der Waals surface area (Å²) in [5, 5.41) is 6.54. The van der Waals surface area contributed by atoms with Gasteiger partial charge in [-0.25, -0.2) is 0 Å². The van der Waals surface area contributed by atoms with E-state index in [2.05, 4.69) is 119 Å². The predicted octanol–water partition coefficient (Wildman–Crippen LogP) is 10.0. The lowest BCUT2D eigenvalue weighted by molar-refractivity contribution is 0.667. The van der Waals surface area contributed by atoms with Crippen LogP contribution in [0.3, 0.4) is 0 Å². The first kappa shape index (κ1) is 23.1. The Morgan fingerprint density at radius 3 is 2.20 bits per heavy atom. The highest BCUT2D eigenvalue weighted by atomic mass is 15.0. The Bertz CT molecular complexity index is 2150. The van der Waals surface area contributed by atoms with Gasteiger partial charge in [-0.3, -0.25) is 0 Å². The standard InChI is InChI=1S/C38H30N2/c1-3-25-17-19-29(23-26(25)4-2)39-35-16-10-8-14-33(35)37-36(39)22-21-32-31-13-7-9-15-34(31)40(38(32)37)30-20-18-27-11-5-6-12-28(27)24-30/h3-7,9,11-13,15,17-24H,1-2,8,10,14,16H2. The van der Waals surface area contributed by atoms with Crippen LogP contribution in [0.15, 0.2) is 110 Å². The number of nitrogens with zero attached hydrogens (tertiary/aromatic N) is 2. The van der Waals surface area contributed by atoms with Gasteiger partial charge in [-0.2, -0.15) is 0 Å². The van der Waals surface area contributed by atoms with Crippen molar-refractivity contribution >= 4 is 55.6 Å². The Balaban J connectivity index is 1.53. The molecule has 192 valence electrons. The lowest BCUT2D eigenvalue weighted by Crippen LogP contribution is -2.07. The fourth-order valence-electron chi connectivity index (χ4n) is 7.02. The smallest absolute Gasteiger partial charge is 0.0637 e. The molecule has 2 aromatic heterocycles. The zero-order chi connectivity index (χ0) is 26.8. The number of hydrogen-bond donors (Lipinski definition) is 0. The molecular weight excluding hydrogens is 484 g/mol. The molecule has 5 aromatic carbocycles. The van der Waals surface area contributed by atoms with Crippen LogP contribution in [0.1, 0.15) is 35.2 Å². The number of rotatable bonds is 4. The average molecular weight is 515 g/mol. The minimum absolute atomic E-state index is 1.09. The first-order chi connectivity index (χ1) is 19.8. The molecule has 7 aromatic rings. The molecule has 8 rings (SSSR count). The molecule has 0 atom stereocenters. The molecule has 2 heterocycles. The van der Waals surface area contributed by atoms with Crippen molar-refractivity contribution in [1.29, 1.82) is 0 Å². The first-order valence-corrected chi connectivity index (χ1v) is 14.2. The highest BCUT2D eigenvalue weighted by Gasteiger charge is 2.25. The number of benzene rings is 5. The Hall–Kier alpha value is -4.82. The van der Waals surface area contributed by atoms with E-state index in [0.717, 1.165) is 24.0 Å². The van der Waals surface area contributed by atoms with Crippen molar-refractivity contribution in [3.8, 4) is 11.4 Å². The maximum Gasteiger partial charge on any atom is 0.0637 e. The molecule has 2 nitrogen and oxygen atoms in total. The molecule has 0 radical (unpaired) electrons. The summed E-state index contributed by atoms with van der Waals surface area (Å²) >= 11 is 0. The van der Waals surface area contributed by atoms with Gasteiger partial charge in [0.1, 0.15) is 0 Å². The molecule has 0 fully saturated rings. The monoisotopic (exact) mass is 514 g/mol. The van der Waals surface area contributed by atoms with Crippen LogP contribution < -0.4 is 0 Å². The van der Waals surface area contributed by atoms with Crippen LogP contribution in [-0.2, 0) is 12.8 Å². The lowest BCUT2D eigenvalue weighted by atomic mass is 9.94. The zero-order valence-corrected chi connectivity index (χ0v) is 22.5. The topological polar surface area (TPSA) is 9.86 Å². The summed E-state index contributed by atoms with van der Waals surface area (Å²) in [4.78, 5) is 0. The molecule has 0 spiro atoms. The number of hydrogen-bond acceptors (Lipinski definition) is 0. The molecule has 0 amide bonds. The number of aryl methyl sites for hydroxylation is 1. The Morgan fingerprint density at radius 2 is 1.32 bits per heavy atom. The van der Waals surface area contributed by atoms with Crippen molar-refractivity contribution in [2.75, 3.05) is 0 Å². The van der Waals surface area contributed by atoms with Gasteiger partial charge in [0.05, 0.1) is 16.6 Å². The third-order valence-corrected chi connectivity index (χ3v) is 8.83. The molecule has 0 saturated heterocycles. The van der Waals surface area contributed by atoms with Crippen LogP contribution in [0.25, 0.3) is 67.0 Å². The van der Waals surface area contributed by atoms with Crippen molar-refractivity contribution in [2.24, 2.45) is 0 Å². The highest BCUT2D eigenvalue weighted by molar-refractivity contribution is 6.19. The van der Waals surface area contributed by atoms with Crippen molar-refractivity contribution in [3.05, 3.63) is 133 Å². The van der Waals surface area contributed by atoms with Crippen LogP contribution in [0.4, 0.5) is 0 Å². The molecular formula is C38H30N2. The molecule has 0 unspecified atom stereocenters. The van der Waals surface area contributed by atoms with E-state index in [0.29, 0.717) is 0 Å². The van der Waals surface area contributed by atoms with Gasteiger partial charge in [-0.15, -0.1) is 0 Å². The van der Waals surface area contributed by atoms with E-state index in [1.807, 2.05) is 12.2 Å². The summed E-state index contributed by atoms with van der Waals surface area (Å²) in [6.45, 7) is 8.09. The highest BCUT2D eigenvalue weighted by Crippen LogP contribution is 2.43. The van der Waals surface area contributed by atoms with Gasteiger partial charge in [-0.1, -0.05) is 86.0 Å². The largest absolute Gasteiger partial charge is 0.313 e. The third kappa shape index (κ3) is 3.23. The van der Waals surface area contributed by atoms with Crippen LogP contribution in [0, 0.1) is 0 Å². The summed E-state index contributed by atoms with van der Waals surface area (Å²) in [6, 6.07) is 35.7. The maximum atomic E-state index is 4.08. The molecule has 1 aliphatic rings. The van der Waals surface area contributed by atoms with Crippen LogP contribution in [0.2, 0.25) is 0 Å². The first-order valence-electron chi connectivity index (χ1n) is 14.2. The molecule has 2 heteroatoms. The van der Waals surface area contributed by atoms with Crippen LogP contribution in [0.5, 0.6) is 0 Å². The quantitative estimate of drug-likeness (QED) is 0.221. The van der Waals surface area contributed by atoms with E-state index >= 15 is 0 Å². The average Bonchev–Trinajstić information content (AvgIpc) is 3.53. The summed E-state index contributed by atoms with van der Waals surface area (Å²) < 4.78 is 5.03. The van der Waals surface area contributed by atoms with Crippen molar-refractivity contribution in [3.63, 3.8) is 0 Å². The number of fused-ring (bicyclic) bond motifs is 8. The summed E-state index contributed by atoms with van der Waals surface area (Å²) in [7, 11) is 0. The molecule has 0 bridgehead atoms. The van der Waals surface area contributed by atoms with E-state index in [4.69, 9.17) is 0 Å². The summed E-state index contributed by atoms with van der Waals surface area (Å²) in [5.41, 5.74) is 11.4. The van der Waals surface area contributed by atoms with E-state index in [1.54, 1.807) is 0 Å². The Morgan fingerprint density at radius 1 is 0.575 bits per heavy atom. The fourth-order valence-corrected chi connectivity index (χ4v) is 7.02. The van der Waals surface area contributed by atoms with Gasteiger partial charge in [0, 0.05) is 33.2 Å². The minimum atomic E-state index is 1.09. The van der Waals surface area contributed by atoms with Crippen molar-refractivity contribution in [1.82, 2.24) is 9.13 Å². The van der Waals surface area contributed by atoms with Crippen molar-refractivity contribution in [2.45, 2.75) is 25.7 Å². The van der Waals surface area contributed by atoms with Gasteiger partial charge in [0.15, 0.2) is 0 Å². The van der Waals surface area contributed by atoms with E-state index in [1.165, 1.54) is 79.0 Å². The predicted molar refractivity (Wildman–Crippen MR) is 172 cm³/mol. The third-order valence-electron chi connectivity index (χ3n) is 8.83. The second kappa shape index (κ2) is 8.86. The lowest BCUT2D eigenvalue weighted by Gasteiger charge is -2.17. The second-order valence-electron chi connectivity index (χ2n) is 10.9. The van der Waals surface area contributed by atoms with Gasteiger partial charge in [0.25, 0.3) is 0 Å². The van der Waals surface area contributed by atoms with Gasteiger partial charge in [-0.05, 0) is 89.5 Å². The normalized spacial score (nSPS) is 13.3. The minimum Gasteiger partial charge on any atom is -0.313 e. The van der Waals surface area contributed by atoms with Gasteiger partial charge < -0.3 is 9.13 Å². The van der Waals surface area contributed by atoms with Gasteiger partial charge in [0.2, 0.25) is 0 Å². The van der Waals surface area contributed by atoms with Crippen LogP contribution in [-0.4, -0.2) is 9.13 Å². The molecule has 0 aliphatic heterocycles. The SMILES string of the molecule is C=Cc1ccc(-n2c3c(c4c2ccc2c5ccccc5n(-c5ccc6ccccc6c5)c24)CCCC3)cc1C=C. The molecule has 40 heavy (non-hydrogen) atoms. The number of para-hydroxylation sites is 1. The van der Waals surface area contributed by atoms with E-state index in [-0.39, 0.29) is 0 Å². The second-order valence-corrected chi connectivity index (χ2v) is 10.9. The van der Waals surface area contributed by atoms with Crippen LogP contribution >= 0.6 is 0 Å². The molecule has 0 saturated carbocycles. The molecule has 1 aliphatic carbocycles. The number of aromatic nitrogens is 2. The Kier molecular flexibility index (Phi) is 5.12. The van der Waals surface area contributed by atoms with Gasteiger partial charge >= 0.3 is 0 Å².